The van der Waals surface area contributed by atoms with Crippen LogP contribution in [0.4, 0.5) is 5.82 Å². The Morgan fingerprint density at radius 2 is 2.44 bits per heavy atom. The Morgan fingerprint density at radius 1 is 1.56 bits per heavy atom. The van der Waals surface area contributed by atoms with Crippen LogP contribution in [0.25, 0.3) is 5.78 Å². The number of anilines is 1. The summed E-state index contributed by atoms with van der Waals surface area (Å²) in [6, 6.07) is 1.82. The molecule has 0 saturated carbocycles. The lowest BCUT2D eigenvalue weighted by Crippen LogP contribution is -2.43. The zero-order valence-electron chi connectivity index (χ0n) is 10.1. The molecule has 1 saturated heterocycles. The minimum Gasteiger partial charge on any atom is -0.375 e. The zero-order chi connectivity index (χ0) is 12.5. The molecule has 7 heteroatoms. The SMILES string of the molecule is CCC1CN(c2cc(Cl)nc3ncnn23)CCO1. The molecule has 0 aromatic carbocycles. The fourth-order valence-electron chi connectivity index (χ4n) is 2.17. The van der Waals surface area contributed by atoms with Gasteiger partial charge in [-0.05, 0) is 6.42 Å². The molecule has 1 unspecified atom stereocenters. The van der Waals surface area contributed by atoms with Crippen LogP contribution in [-0.2, 0) is 4.74 Å². The van der Waals surface area contributed by atoms with E-state index in [4.69, 9.17) is 16.3 Å². The van der Waals surface area contributed by atoms with Crippen LogP contribution in [0.15, 0.2) is 12.4 Å². The summed E-state index contributed by atoms with van der Waals surface area (Å²) < 4.78 is 7.38. The highest BCUT2D eigenvalue weighted by atomic mass is 35.5. The van der Waals surface area contributed by atoms with Crippen molar-refractivity contribution in [2.75, 3.05) is 24.6 Å². The number of morpholine rings is 1. The number of hydrogen-bond acceptors (Lipinski definition) is 5. The van der Waals surface area contributed by atoms with Crippen molar-refractivity contribution < 1.29 is 4.74 Å². The number of rotatable bonds is 2. The van der Waals surface area contributed by atoms with Crippen molar-refractivity contribution in [1.82, 2.24) is 19.6 Å². The number of ether oxygens (including phenoxy) is 1. The largest absolute Gasteiger partial charge is 0.375 e. The van der Waals surface area contributed by atoms with Gasteiger partial charge in [-0.15, -0.1) is 0 Å². The van der Waals surface area contributed by atoms with Gasteiger partial charge < -0.3 is 9.64 Å². The lowest BCUT2D eigenvalue weighted by atomic mass is 10.2. The van der Waals surface area contributed by atoms with Gasteiger partial charge in [0.2, 0.25) is 0 Å². The minimum absolute atomic E-state index is 0.254. The van der Waals surface area contributed by atoms with E-state index in [-0.39, 0.29) is 6.10 Å². The van der Waals surface area contributed by atoms with Crippen molar-refractivity contribution in [3.8, 4) is 0 Å². The molecular formula is C11H14ClN5O. The minimum atomic E-state index is 0.254. The summed E-state index contributed by atoms with van der Waals surface area (Å²) in [5.41, 5.74) is 0. The fraction of sp³-hybridized carbons (Fsp3) is 0.545. The van der Waals surface area contributed by atoms with Crippen LogP contribution >= 0.6 is 11.6 Å². The van der Waals surface area contributed by atoms with Gasteiger partial charge in [0.25, 0.3) is 5.78 Å². The van der Waals surface area contributed by atoms with Crippen LogP contribution < -0.4 is 4.90 Å². The molecule has 0 aliphatic carbocycles. The number of fused-ring (bicyclic) bond motifs is 1. The van der Waals surface area contributed by atoms with Crippen molar-refractivity contribution in [1.29, 1.82) is 0 Å². The van der Waals surface area contributed by atoms with Gasteiger partial charge in [0, 0.05) is 19.2 Å². The summed E-state index contributed by atoms with van der Waals surface area (Å²) in [7, 11) is 0. The Balaban J connectivity index is 2.00. The first-order valence-corrected chi connectivity index (χ1v) is 6.38. The number of nitrogens with zero attached hydrogens (tertiary/aromatic N) is 5. The molecule has 0 radical (unpaired) electrons. The Kier molecular flexibility index (Phi) is 3.05. The van der Waals surface area contributed by atoms with Gasteiger partial charge in [-0.2, -0.15) is 19.6 Å². The normalized spacial score (nSPS) is 20.6. The first-order chi connectivity index (χ1) is 8.78. The molecule has 1 fully saturated rings. The van der Waals surface area contributed by atoms with E-state index >= 15 is 0 Å². The van der Waals surface area contributed by atoms with Gasteiger partial charge in [-0.1, -0.05) is 18.5 Å². The zero-order valence-corrected chi connectivity index (χ0v) is 10.8. The monoisotopic (exact) mass is 267 g/mol. The molecule has 3 rings (SSSR count). The molecule has 0 bridgehead atoms. The van der Waals surface area contributed by atoms with Crippen molar-refractivity contribution in [3.63, 3.8) is 0 Å². The molecule has 96 valence electrons. The molecule has 0 amide bonds. The average Bonchev–Trinajstić information content (AvgIpc) is 2.85. The topological polar surface area (TPSA) is 55.6 Å². The summed E-state index contributed by atoms with van der Waals surface area (Å²) in [6.07, 6.45) is 2.74. The smallest absolute Gasteiger partial charge is 0.255 e. The van der Waals surface area contributed by atoms with Crippen LogP contribution in [0, 0.1) is 0 Å². The van der Waals surface area contributed by atoms with Crippen molar-refractivity contribution >= 4 is 23.2 Å². The third-order valence-corrected chi connectivity index (χ3v) is 3.31. The molecule has 0 N–H and O–H groups in total. The third kappa shape index (κ3) is 2.02. The van der Waals surface area contributed by atoms with Crippen molar-refractivity contribution in [3.05, 3.63) is 17.5 Å². The lowest BCUT2D eigenvalue weighted by Gasteiger charge is -2.33. The molecule has 1 atom stereocenters. The van der Waals surface area contributed by atoms with Crippen LogP contribution in [0.2, 0.25) is 5.15 Å². The van der Waals surface area contributed by atoms with E-state index in [0.717, 1.165) is 25.3 Å². The Labute approximate surface area is 110 Å². The van der Waals surface area contributed by atoms with E-state index < -0.39 is 0 Å². The molecule has 1 aliphatic rings. The second kappa shape index (κ2) is 4.70. The number of hydrogen-bond donors (Lipinski definition) is 0. The molecule has 18 heavy (non-hydrogen) atoms. The molecular weight excluding hydrogens is 254 g/mol. The predicted molar refractivity (Wildman–Crippen MR) is 68.0 cm³/mol. The second-order valence-corrected chi connectivity index (χ2v) is 4.64. The summed E-state index contributed by atoms with van der Waals surface area (Å²) in [6.45, 7) is 4.50. The van der Waals surface area contributed by atoms with Crippen molar-refractivity contribution in [2.45, 2.75) is 19.4 Å². The first-order valence-electron chi connectivity index (χ1n) is 6.00. The summed E-state index contributed by atoms with van der Waals surface area (Å²) in [4.78, 5) is 10.4. The van der Waals surface area contributed by atoms with E-state index in [1.54, 1.807) is 4.52 Å². The Bertz CT molecular complexity index is 557. The van der Waals surface area contributed by atoms with Gasteiger partial charge in [0.05, 0.1) is 12.7 Å². The maximum absolute atomic E-state index is 6.02. The van der Waals surface area contributed by atoms with Gasteiger partial charge in [-0.25, -0.2) is 0 Å². The maximum Gasteiger partial charge on any atom is 0.255 e. The Morgan fingerprint density at radius 3 is 3.28 bits per heavy atom. The van der Waals surface area contributed by atoms with Gasteiger partial charge in [0.15, 0.2) is 0 Å². The highest BCUT2D eigenvalue weighted by Crippen LogP contribution is 2.21. The number of aromatic nitrogens is 4. The summed E-state index contributed by atoms with van der Waals surface area (Å²) in [5.74, 6) is 1.45. The van der Waals surface area contributed by atoms with E-state index in [1.807, 2.05) is 6.07 Å². The van der Waals surface area contributed by atoms with Crippen LogP contribution in [0.1, 0.15) is 13.3 Å². The first kappa shape index (κ1) is 11.7. The molecule has 3 heterocycles. The molecule has 2 aromatic rings. The second-order valence-electron chi connectivity index (χ2n) is 4.26. The number of halogens is 1. The fourth-order valence-corrected chi connectivity index (χ4v) is 2.34. The average molecular weight is 268 g/mol. The molecule has 2 aromatic heterocycles. The molecule has 1 aliphatic heterocycles. The van der Waals surface area contributed by atoms with Crippen LogP contribution in [-0.4, -0.2) is 45.4 Å². The van der Waals surface area contributed by atoms with Gasteiger partial charge in [0.1, 0.15) is 17.3 Å². The summed E-state index contributed by atoms with van der Waals surface area (Å²) >= 11 is 6.02. The lowest BCUT2D eigenvalue weighted by molar-refractivity contribution is 0.0380. The third-order valence-electron chi connectivity index (χ3n) is 3.12. The highest BCUT2D eigenvalue weighted by molar-refractivity contribution is 6.29. The van der Waals surface area contributed by atoms with Crippen molar-refractivity contribution in [2.24, 2.45) is 0 Å². The van der Waals surface area contributed by atoms with Gasteiger partial charge >= 0.3 is 0 Å². The van der Waals surface area contributed by atoms with Crippen LogP contribution in [0.5, 0.6) is 0 Å². The molecule has 0 spiro atoms. The van der Waals surface area contributed by atoms with E-state index in [9.17, 15) is 0 Å². The Hall–Kier alpha value is -1.40. The van der Waals surface area contributed by atoms with Crippen LogP contribution in [0.3, 0.4) is 0 Å². The van der Waals surface area contributed by atoms with E-state index in [2.05, 4.69) is 26.9 Å². The summed E-state index contributed by atoms with van der Waals surface area (Å²) in [5, 5.41) is 4.62. The van der Waals surface area contributed by atoms with E-state index in [1.165, 1.54) is 6.33 Å². The standard InChI is InChI=1S/C11H14ClN5O/c1-2-8-6-16(3-4-18-8)10-5-9(12)15-11-13-7-14-17(10)11/h5,7-8H,2-4,6H2,1H3. The highest BCUT2D eigenvalue weighted by Gasteiger charge is 2.22. The maximum atomic E-state index is 6.02. The van der Waals surface area contributed by atoms with E-state index in [0.29, 0.717) is 17.5 Å². The predicted octanol–water partition coefficient (Wildman–Crippen LogP) is 1.39. The van der Waals surface area contributed by atoms with Gasteiger partial charge in [-0.3, -0.25) is 0 Å². The quantitative estimate of drug-likeness (QED) is 0.770. The molecule has 6 nitrogen and oxygen atoms in total.